The van der Waals surface area contributed by atoms with Gasteiger partial charge < -0.3 is 10.2 Å². The molecule has 5 rings (SSSR count). The lowest BCUT2D eigenvalue weighted by atomic mass is 10.0. The van der Waals surface area contributed by atoms with Gasteiger partial charge in [0.25, 0.3) is 0 Å². The summed E-state index contributed by atoms with van der Waals surface area (Å²) in [6.45, 7) is 6.07. The Morgan fingerprint density at radius 2 is 1.74 bits per heavy atom. The van der Waals surface area contributed by atoms with Crippen molar-refractivity contribution < 1.29 is 13.2 Å². The Balaban J connectivity index is 1.40. The summed E-state index contributed by atoms with van der Waals surface area (Å²) in [4.78, 5) is 13.6. The largest absolute Gasteiger partial charge is 0.451 e. The first-order valence-electron chi connectivity index (χ1n) is 10.9. The van der Waals surface area contributed by atoms with Crippen LogP contribution in [-0.2, 0) is 6.18 Å². The normalized spacial score (nSPS) is 14.4. The Bertz CT molecular complexity index is 1320. The molecule has 0 bridgehead atoms. The number of halogens is 3. The van der Waals surface area contributed by atoms with Crippen molar-refractivity contribution in [2.75, 3.05) is 23.3 Å². The van der Waals surface area contributed by atoms with Gasteiger partial charge in [0, 0.05) is 30.2 Å². The number of anilines is 2. The topological polar surface area (TPSA) is 82.6 Å². The third-order valence-corrected chi connectivity index (χ3v) is 5.83. The highest BCUT2D eigenvalue weighted by Crippen LogP contribution is 2.31. The fourth-order valence-corrected chi connectivity index (χ4v) is 4.11. The zero-order valence-electron chi connectivity index (χ0n) is 18.2. The molecule has 3 aromatic heterocycles. The summed E-state index contributed by atoms with van der Waals surface area (Å²) < 4.78 is 38.1. The van der Waals surface area contributed by atoms with Crippen LogP contribution in [0, 0.1) is 0 Å². The molecule has 1 aliphatic rings. The van der Waals surface area contributed by atoms with Gasteiger partial charge in [-0.15, -0.1) is 0 Å². The van der Waals surface area contributed by atoms with E-state index in [2.05, 4.69) is 48.0 Å². The minimum absolute atomic E-state index is 0.281. The summed E-state index contributed by atoms with van der Waals surface area (Å²) in [6, 6.07) is 8.08. The Morgan fingerprint density at radius 1 is 0.971 bits per heavy atom. The van der Waals surface area contributed by atoms with Crippen molar-refractivity contribution in [1.82, 2.24) is 25.1 Å². The monoisotopic (exact) mass is 465 g/mol. The highest BCUT2D eigenvalue weighted by Gasteiger charge is 2.34. The first kappa shape index (κ1) is 21.9. The van der Waals surface area contributed by atoms with E-state index in [0.717, 1.165) is 53.2 Å². The summed E-state index contributed by atoms with van der Waals surface area (Å²) >= 11 is 0. The maximum Gasteiger partial charge on any atom is 0.451 e. The summed E-state index contributed by atoms with van der Waals surface area (Å²) in [7, 11) is 0. The van der Waals surface area contributed by atoms with Crippen LogP contribution in [0.5, 0.6) is 0 Å². The number of aromatic nitrogens is 5. The van der Waals surface area contributed by atoms with Crippen LogP contribution in [-0.4, -0.2) is 38.2 Å². The van der Waals surface area contributed by atoms with Gasteiger partial charge in [-0.25, -0.2) is 9.97 Å². The fourth-order valence-electron chi connectivity index (χ4n) is 4.11. The van der Waals surface area contributed by atoms with Gasteiger partial charge in [0.2, 0.25) is 5.82 Å². The molecule has 1 aromatic carbocycles. The lowest BCUT2D eigenvalue weighted by Crippen LogP contribution is -2.29. The standard InChI is InChI=1S/C24H22F3N7/c1-15(31-18-12-29-23(30-13-18)24(25,26)27)22-20-10-16(5-6-21(20)32-33-22)17-9-19(14-28-11-17)34-7-3-2-4-8-34/h5-6,9-14,31H,1-4,7-8H2,(H,32,33). The zero-order valence-corrected chi connectivity index (χ0v) is 18.2. The molecule has 174 valence electrons. The molecular formula is C24H22F3N7. The molecule has 4 aromatic rings. The SMILES string of the molecule is C=C(Nc1cnc(C(F)(F)F)nc1)c1n[nH]c2ccc(-c3cncc(N4CCCCC4)c3)cc12. The lowest BCUT2D eigenvalue weighted by Gasteiger charge is -2.28. The number of alkyl halides is 3. The van der Waals surface area contributed by atoms with Gasteiger partial charge in [-0.05, 0) is 43.0 Å². The highest BCUT2D eigenvalue weighted by molar-refractivity contribution is 5.95. The van der Waals surface area contributed by atoms with E-state index in [-0.39, 0.29) is 5.69 Å². The molecule has 4 heterocycles. The van der Waals surface area contributed by atoms with Crippen LogP contribution in [0.2, 0.25) is 0 Å². The van der Waals surface area contributed by atoms with Crippen LogP contribution in [0.3, 0.4) is 0 Å². The molecule has 7 nitrogen and oxygen atoms in total. The number of H-pyrrole nitrogens is 1. The Hall–Kier alpha value is -3.95. The molecule has 0 aliphatic carbocycles. The van der Waals surface area contributed by atoms with Crippen molar-refractivity contribution >= 4 is 28.0 Å². The summed E-state index contributed by atoms with van der Waals surface area (Å²) in [5, 5.41) is 11.1. The summed E-state index contributed by atoms with van der Waals surface area (Å²) in [5.41, 5.74) is 5.13. The highest BCUT2D eigenvalue weighted by atomic mass is 19.4. The van der Waals surface area contributed by atoms with E-state index in [1.807, 2.05) is 30.6 Å². The number of rotatable bonds is 5. The average molecular weight is 465 g/mol. The second-order valence-electron chi connectivity index (χ2n) is 8.21. The molecule has 0 saturated carbocycles. The number of piperidine rings is 1. The fraction of sp³-hybridized carbons (Fsp3) is 0.250. The molecule has 10 heteroatoms. The first-order valence-corrected chi connectivity index (χ1v) is 10.9. The molecule has 34 heavy (non-hydrogen) atoms. The van der Waals surface area contributed by atoms with Crippen molar-refractivity contribution in [3.05, 3.63) is 67.2 Å². The third kappa shape index (κ3) is 4.43. The summed E-state index contributed by atoms with van der Waals surface area (Å²) in [6.07, 6.45) is 4.92. The molecule has 1 aliphatic heterocycles. The van der Waals surface area contributed by atoms with Gasteiger partial charge in [0.05, 0.1) is 41.2 Å². The molecule has 0 spiro atoms. The molecular weight excluding hydrogens is 443 g/mol. The zero-order chi connectivity index (χ0) is 23.7. The first-order chi connectivity index (χ1) is 16.4. The van der Waals surface area contributed by atoms with Crippen molar-refractivity contribution in [1.29, 1.82) is 0 Å². The van der Waals surface area contributed by atoms with Gasteiger partial charge >= 0.3 is 6.18 Å². The Labute approximate surface area is 193 Å². The van der Waals surface area contributed by atoms with E-state index >= 15 is 0 Å². The predicted molar refractivity (Wildman–Crippen MR) is 125 cm³/mol. The third-order valence-electron chi connectivity index (χ3n) is 5.83. The van der Waals surface area contributed by atoms with Gasteiger partial charge in [0.1, 0.15) is 5.69 Å². The van der Waals surface area contributed by atoms with Crippen LogP contribution < -0.4 is 10.2 Å². The van der Waals surface area contributed by atoms with Crippen LogP contribution in [0.25, 0.3) is 27.7 Å². The molecule has 1 fully saturated rings. The predicted octanol–water partition coefficient (Wildman–Crippen LogP) is 5.51. The molecule has 0 radical (unpaired) electrons. The number of benzene rings is 1. The van der Waals surface area contributed by atoms with Gasteiger partial charge in [0.15, 0.2) is 0 Å². The molecule has 1 saturated heterocycles. The average Bonchev–Trinajstić information content (AvgIpc) is 3.28. The van der Waals surface area contributed by atoms with E-state index in [1.54, 1.807) is 0 Å². The second kappa shape index (κ2) is 8.77. The molecule has 2 N–H and O–H groups in total. The van der Waals surface area contributed by atoms with E-state index in [9.17, 15) is 13.2 Å². The molecule has 0 atom stereocenters. The maximum atomic E-state index is 12.7. The number of fused-ring (bicyclic) bond motifs is 1. The van der Waals surface area contributed by atoms with Crippen LogP contribution in [0.15, 0.2) is 55.6 Å². The van der Waals surface area contributed by atoms with Gasteiger partial charge in [-0.1, -0.05) is 12.6 Å². The van der Waals surface area contributed by atoms with Crippen LogP contribution >= 0.6 is 0 Å². The number of nitrogens with one attached hydrogen (secondary N) is 2. The second-order valence-corrected chi connectivity index (χ2v) is 8.21. The lowest BCUT2D eigenvalue weighted by molar-refractivity contribution is -0.144. The van der Waals surface area contributed by atoms with E-state index in [0.29, 0.717) is 11.4 Å². The van der Waals surface area contributed by atoms with E-state index < -0.39 is 12.0 Å². The van der Waals surface area contributed by atoms with E-state index in [4.69, 9.17) is 0 Å². The smallest absolute Gasteiger partial charge is 0.370 e. The number of hydrogen-bond acceptors (Lipinski definition) is 6. The maximum absolute atomic E-state index is 12.7. The van der Waals surface area contributed by atoms with Crippen molar-refractivity contribution in [3.8, 4) is 11.1 Å². The van der Waals surface area contributed by atoms with Crippen LogP contribution in [0.1, 0.15) is 30.8 Å². The van der Waals surface area contributed by atoms with Crippen molar-refractivity contribution in [2.24, 2.45) is 0 Å². The minimum Gasteiger partial charge on any atom is -0.370 e. The number of nitrogens with zero attached hydrogens (tertiary/aromatic N) is 5. The summed E-state index contributed by atoms with van der Waals surface area (Å²) in [5.74, 6) is -1.20. The molecule has 0 unspecified atom stereocenters. The van der Waals surface area contributed by atoms with Crippen molar-refractivity contribution in [2.45, 2.75) is 25.4 Å². The number of hydrogen-bond donors (Lipinski definition) is 2. The molecule has 0 amide bonds. The van der Waals surface area contributed by atoms with Crippen LogP contribution in [0.4, 0.5) is 24.5 Å². The Kier molecular flexibility index (Phi) is 5.64. The number of pyridine rings is 1. The minimum atomic E-state index is -4.59. The Morgan fingerprint density at radius 3 is 2.47 bits per heavy atom. The van der Waals surface area contributed by atoms with E-state index in [1.165, 1.54) is 19.3 Å². The van der Waals surface area contributed by atoms with Crippen molar-refractivity contribution in [3.63, 3.8) is 0 Å². The van der Waals surface area contributed by atoms with Gasteiger partial charge in [-0.3, -0.25) is 10.1 Å². The quantitative estimate of drug-likeness (QED) is 0.405. The van der Waals surface area contributed by atoms with Gasteiger partial charge in [-0.2, -0.15) is 18.3 Å². The number of aromatic amines is 1.